The fraction of sp³-hybridized carbons (Fsp3) is 0.400. The quantitative estimate of drug-likeness (QED) is 0.166. The summed E-state index contributed by atoms with van der Waals surface area (Å²) in [5.41, 5.74) is 8.27. The minimum atomic E-state index is -1.83. The average Bonchev–Trinajstić information content (AvgIpc) is 3.65. The summed E-state index contributed by atoms with van der Waals surface area (Å²) in [6, 6.07) is 28.3. The average molecular weight is 927 g/mol. The summed E-state index contributed by atoms with van der Waals surface area (Å²) < 4.78 is 35.5. The molecule has 8 rings (SSSR count). The second-order valence-corrected chi connectivity index (χ2v) is 19.2. The summed E-state index contributed by atoms with van der Waals surface area (Å²) >= 11 is 0. The van der Waals surface area contributed by atoms with Crippen LogP contribution in [-0.2, 0) is 48.5 Å². The molecule has 292 valence electrons. The number of aryl methyl sites for hydroxylation is 4. The van der Waals surface area contributed by atoms with Crippen molar-refractivity contribution in [3.8, 4) is 17.2 Å². The van der Waals surface area contributed by atoms with Gasteiger partial charge in [0.25, 0.3) is 0 Å². The summed E-state index contributed by atoms with van der Waals surface area (Å²) in [6.07, 6.45) is 0.0875. The summed E-state index contributed by atoms with van der Waals surface area (Å²) in [4.78, 5) is 10.3. The number of benzene rings is 4. The van der Waals surface area contributed by atoms with Crippen molar-refractivity contribution in [1.82, 2.24) is 9.55 Å². The molecule has 0 saturated carbocycles. The van der Waals surface area contributed by atoms with Gasteiger partial charge < -0.3 is 14.0 Å². The molecule has 6 heteroatoms. The Morgan fingerprint density at radius 3 is 2.12 bits per heavy atom. The fourth-order valence-corrected chi connectivity index (χ4v) is 8.46. The van der Waals surface area contributed by atoms with Crippen LogP contribution in [0.5, 0.6) is 11.5 Å². The van der Waals surface area contributed by atoms with Gasteiger partial charge in [-0.15, -0.1) is 29.8 Å². The van der Waals surface area contributed by atoms with E-state index in [9.17, 15) is 2.74 Å². The van der Waals surface area contributed by atoms with Crippen molar-refractivity contribution < 1.29 is 33.3 Å². The van der Waals surface area contributed by atoms with Gasteiger partial charge in [0.15, 0.2) is 0 Å². The molecule has 0 spiro atoms. The maximum Gasteiger partial charge on any atom is 2.00 e. The van der Waals surface area contributed by atoms with Crippen LogP contribution in [0.1, 0.15) is 122 Å². The predicted molar refractivity (Wildman–Crippen MR) is 226 cm³/mol. The Bertz CT molecular complexity index is 2690. The third-order valence-corrected chi connectivity index (χ3v) is 11.8. The van der Waals surface area contributed by atoms with Crippen molar-refractivity contribution >= 4 is 27.8 Å². The molecule has 0 fully saturated rings. The Balaban J connectivity index is 0.00000512. The third-order valence-electron chi connectivity index (χ3n) is 11.8. The summed E-state index contributed by atoms with van der Waals surface area (Å²) in [5, 5.41) is 2.26. The third kappa shape index (κ3) is 6.33. The van der Waals surface area contributed by atoms with Crippen molar-refractivity contribution in [2.75, 3.05) is 0 Å². The van der Waals surface area contributed by atoms with E-state index in [2.05, 4.69) is 142 Å². The van der Waals surface area contributed by atoms with E-state index in [4.69, 9.17) is 19.5 Å². The number of pyridine rings is 1. The summed E-state index contributed by atoms with van der Waals surface area (Å²) in [6.45, 7) is 29.7. The number of hydrogen-bond donors (Lipinski definition) is 0. The minimum Gasteiger partial charge on any atom is -0.510 e. The van der Waals surface area contributed by atoms with Gasteiger partial charge in [-0.05, 0) is 90.1 Å². The van der Waals surface area contributed by atoms with Crippen molar-refractivity contribution in [2.24, 2.45) is 10.4 Å². The van der Waals surface area contributed by atoms with Crippen molar-refractivity contribution in [2.45, 2.75) is 125 Å². The Kier molecular flexibility index (Phi) is 8.79. The molecule has 0 amide bonds. The number of ether oxygens (including phenoxy) is 2. The second kappa shape index (κ2) is 13.2. The maximum atomic E-state index is 9.75. The Morgan fingerprint density at radius 1 is 0.768 bits per heavy atom. The molecule has 0 saturated heterocycles. The van der Waals surface area contributed by atoms with Gasteiger partial charge in [-0.3, -0.25) is 4.99 Å². The van der Waals surface area contributed by atoms with E-state index in [1.54, 1.807) is 0 Å². The molecule has 1 aliphatic carbocycles. The van der Waals surface area contributed by atoms with E-state index >= 15 is 0 Å². The van der Waals surface area contributed by atoms with Gasteiger partial charge in [0.05, 0.1) is 5.52 Å². The van der Waals surface area contributed by atoms with Crippen molar-refractivity contribution in [3.63, 3.8) is 0 Å². The Hall–Kier alpha value is -4.21. The molecule has 4 aromatic carbocycles. The first-order valence-electron chi connectivity index (χ1n) is 20.5. The largest absolute Gasteiger partial charge is 2.00 e. The van der Waals surface area contributed by atoms with Crippen LogP contribution >= 0.6 is 0 Å². The molecule has 6 aromatic rings. The number of fused-ring (bicyclic) bond motifs is 6. The van der Waals surface area contributed by atoms with Crippen LogP contribution in [-0.4, -0.2) is 21.0 Å². The van der Waals surface area contributed by atoms with Crippen LogP contribution in [0.25, 0.3) is 27.6 Å². The second-order valence-electron chi connectivity index (χ2n) is 19.2. The zero-order chi connectivity index (χ0) is 41.4. The van der Waals surface area contributed by atoms with Gasteiger partial charge in [-0.25, -0.2) is 4.98 Å². The zero-order valence-electron chi connectivity index (χ0n) is 37.3. The molecule has 2 atom stereocenters. The number of hydrogen-bond acceptors (Lipinski definition) is 4. The first kappa shape index (κ1) is 37.4. The van der Waals surface area contributed by atoms with Crippen LogP contribution in [0.15, 0.2) is 71.9 Å². The van der Waals surface area contributed by atoms with E-state index in [-0.39, 0.29) is 31.9 Å². The molecule has 0 radical (unpaired) electrons. The molecule has 2 aliphatic rings. The maximum absolute atomic E-state index is 9.75. The first-order valence-corrected chi connectivity index (χ1v) is 19.5. The van der Waals surface area contributed by atoms with E-state index < -0.39 is 22.9 Å². The van der Waals surface area contributed by atoms with Gasteiger partial charge in [0.2, 0.25) is 0 Å². The number of rotatable bonds is 4. The topological polar surface area (TPSA) is 48.6 Å². The number of nitrogens with zero attached hydrogens (tertiary/aromatic N) is 3. The van der Waals surface area contributed by atoms with Crippen LogP contribution < -0.4 is 4.74 Å². The molecular weight excluding hydrogens is 870 g/mol. The predicted octanol–water partition coefficient (Wildman–Crippen LogP) is 12.4. The van der Waals surface area contributed by atoms with E-state index in [0.717, 1.165) is 61.0 Å². The van der Waals surface area contributed by atoms with Gasteiger partial charge in [0, 0.05) is 43.0 Å². The molecule has 5 nitrogen and oxygen atoms in total. The van der Waals surface area contributed by atoms with Gasteiger partial charge in [0.1, 0.15) is 22.7 Å². The van der Waals surface area contributed by atoms with Gasteiger partial charge in [-0.1, -0.05) is 111 Å². The van der Waals surface area contributed by atoms with Crippen LogP contribution in [0.4, 0.5) is 0 Å². The number of aromatic nitrogens is 2. The zero-order valence-corrected chi connectivity index (χ0v) is 37.6. The number of aliphatic imine (C=N–C) groups is 1. The standard InChI is InChI=1S/C50H55N3O2.Pt/c1-29-17-37(53-43-16-15-35(46(5,6)7)25-40(43)41-19-30(2)28-51-44(41)53)26-38(18-29)54-39-23-33(22-36(24-39)47(8,9)10)45-52-49(14)42-21-32(4)31(3)20-34(42)27-50(49,55-45)48(11,12)13;/h15-22,24-25,28H,27H2,1-14H3;/q-2;+2/t49-,50-;/m1./s1/i27D2;. The van der Waals surface area contributed by atoms with E-state index in [0.29, 0.717) is 28.5 Å². The Labute approximate surface area is 351 Å². The normalized spacial score (nSPS) is 20.9. The molecule has 0 N–H and O–H groups in total. The molecule has 0 unspecified atom stereocenters. The minimum absolute atomic E-state index is 0. The molecule has 56 heavy (non-hydrogen) atoms. The monoisotopic (exact) mass is 926 g/mol. The van der Waals surface area contributed by atoms with Gasteiger partial charge >= 0.3 is 21.1 Å². The first-order chi connectivity index (χ1) is 26.4. The molecule has 2 aromatic heterocycles. The van der Waals surface area contributed by atoms with Gasteiger partial charge in [-0.2, -0.15) is 5.56 Å². The van der Waals surface area contributed by atoms with Crippen LogP contribution in [0, 0.1) is 45.2 Å². The van der Waals surface area contributed by atoms with Crippen molar-refractivity contribution in [1.29, 1.82) is 0 Å². The van der Waals surface area contributed by atoms with E-state index in [1.165, 1.54) is 5.56 Å². The van der Waals surface area contributed by atoms with Crippen molar-refractivity contribution in [3.05, 3.63) is 129 Å². The summed E-state index contributed by atoms with van der Waals surface area (Å²) in [5.74, 6) is 1.42. The Morgan fingerprint density at radius 2 is 1.45 bits per heavy atom. The molecule has 1 aliphatic heterocycles. The SMILES string of the molecule is [2H]C1([2H])c2cc(C)c(C)cc2[C@@]2(C)N=C(c3[c-]c(Oc4[c-]c(-n5c6ccc(C(C)(C)C)cc6c6cc(C)cnc65)cc(C)c4)cc(C(C)(C)C)c3)O[C@@]12C(C)(C)C.[Pt+2]. The summed E-state index contributed by atoms with van der Waals surface area (Å²) in [7, 11) is 0. The molecular formula is C50H55N3O2Pt. The fourth-order valence-electron chi connectivity index (χ4n) is 8.46. The molecule has 0 bridgehead atoms. The van der Waals surface area contributed by atoms with Crippen LogP contribution in [0.2, 0.25) is 0 Å². The van der Waals surface area contributed by atoms with E-state index in [1.807, 2.05) is 38.2 Å². The molecule has 3 heterocycles. The smallest absolute Gasteiger partial charge is 0.510 e. The van der Waals surface area contributed by atoms with Crippen LogP contribution in [0.3, 0.4) is 0 Å².